The predicted octanol–water partition coefficient (Wildman–Crippen LogP) is 3.32. The summed E-state index contributed by atoms with van der Waals surface area (Å²) in [6.07, 6.45) is 0.714. The van der Waals surface area contributed by atoms with Crippen molar-refractivity contribution in [2.75, 3.05) is 13.1 Å². The Morgan fingerprint density at radius 3 is 1.45 bits per heavy atom. The van der Waals surface area contributed by atoms with Crippen molar-refractivity contribution in [1.82, 2.24) is 10.6 Å². The molecule has 2 N–H and O–H groups in total. The molecule has 6 nitrogen and oxygen atoms in total. The maximum atomic E-state index is 12.3. The molecule has 0 bridgehead atoms. The highest BCUT2D eigenvalue weighted by Crippen LogP contribution is 2.13. The number of nitrogens with one attached hydrogen (secondary N) is 2. The average Bonchev–Trinajstić information content (AvgIpc) is 2.76. The molecule has 6 heteroatoms. The predicted molar refractivity (Wildman–Crippen MR) is 113 cm³/mol. The van der Waals surface area contributed by atoms with E-state index >= 15 is 0 Å². The van der Waals surface area contributed by atoms with Crippen LogP contribution < -0.4 is 20.1 Å². The van der Waals surface area contributed by atoms with Gasteiger partial charge in [0.15, 0.2) is 12.2 Å². The monoisotopic (exact) mass is 398 g/mol. The Kier molecular flexibility index (Phi) is 9.55. The van der Waals surface area contributed by atoms with Crippen LogP contribution in [-0.2, 0) is 9.59 Å². The summed E-state index contributed by atoms with van der Waals surface area (Å²) in [5.74, 6) is 1.04. The first-order valence-corrected chi connectivity index (χ1v) is 10.1. The second-order valence-electron chi connectivity index (χ2n) is 6.59. The van der Waals surface area contributed by atoms with Crippen molar-refractivity contribution in [3.8, 4) is 11.5 Å². The molecule has 0 aromatic heterocycles. The van der Waals surface area contributed by atoms with Gasteiger partial charge in [0.05, 0.1) is 0 Å². The van der Waals surface area contributed by atoms with Crippen LogP contribution in [0.4, 0.5) is 0 Å². The van der Waals surface area contributed by atoms with Crippen LogP contribution in [0.1, 0.15) is 33.1 Å². The molecule has 0 aliphatic rings. The van der Waals surface area contributed by atoms with Gasteiger partial charge in [-0.1, -0.05) is 50.2 Å². The minimum Gasteiger partial charge on any atom is -0.481 e. The molecule has 2 aromatic rings. The van der Waals surface area contributed by atoms with Crippen LogP contribution in [0.2, 0.25) is 0 Å². The van der Waals surface area contributed by atoms with Gasteiger partial charge >= 0.3 is 0 Å². The van der Waals surface area contributed by atoms with Gasteiger partial charge in [0.25, 0.3) is 11.8 Å². The topological polar surface area (TPSA) is 76.7 Å². The lowest BCUT2D eigenvalue weighted by Gasteiger charge is -2.18. The van der Waals surface area contributed by atoms with Crippen molar-refractivity contribution < 1.29 is 19.1 Å². The van der Waals surface area contributed by atoms with E-state index in [0.717, 1.165) is 0 Å². The zero-order valence-electron chi connectivity index (χ0n) is 17.1. The Bertz CT molecular complexity index is 674. The maximum absolute atomic E-state index is 12.3. The number of hydrogen-bond acceptors (Lipinski definition) is 4. The Labute approximate surface area is 172 Å². The van der Waals surface area contributed by atoms with Crippen LogP contribution in [0.3, 0.4) is 0 Å². The third-order valence-corrected chi connectivity index (χ3v) is 4.32. The molecular weight excluding hydrogens is 368 g/mol. The Morgan fingerprint density at radius 2 is 1.10 bits per heavy atom. The van der Waals surface area contributed by atoms with Gasteiger partial charge in [-0.2, -0.15) is 0 Å². The van der Waals surface area contributed by atoms with E-state index in [1.165, 1.54) is 0 Å². The van der Waals surface area contributed by atoms with E-state index in [2.05, 4.69) is 10.6 Å². The van der Waals surface area contributed by atoms with Crippen molar-refractivity contribution >= 4 is 11.8 Å². The van der Waals surface area contributed by atoms with Gasteiger partial charge in [0, 0.05) is 13.1 Å². The van der Waals surface area contributed by atoms with Crippen LogP contribution in [0.5, 0.6) is 11.5 Å². The van der Waals surface area contributed by atoms with E-state index < -0.39 is 12.2 Å². The fourth-order valence-corrected chi connectivity index (χ4v) is 2.71. The SMILES string of the molecule is CCC(Oc1ccccc1)C(=O)NCCCNC(=O)C(CC)Oc1ccccc1. The van der Waals surface area contributed by atoms with E-state index in [1.807, 2.05) is 74.5 Å². The molecule has 2 amide bonds. The second kappa shape index (κ2) is 12.4. The van der Waals surface area contributed by atoms with Gasteiger partial charge in [0.1, 0.15) is 11.5 Å². The molecule has 2 rings (SSSR count). The summed E-state index contributed by atoms with van der Waals surface area (Å²) < 4.78 is 11.4. The smallest absolute Gasteiger partial charge is 0.261 e. The van der Waals surface area contributed by atoms with Crippen molar-refractivity contribution in [3.63, 3.8) is 0 Å². The van der Waals surface area contributed by atoms with Crippen LogP contribution >= 0.6 is 0 Å². The summed E-state index contributed by atoms with van der Waals surface area (Å²) in [4.78, 5) is 24.6. The quantitative estimate of drug-likeness (QED) is 0.538. The molecule has 29 heavy (non-hydrogen) atoms. The molecule has 0 fully saturated rings. The Balaban J connectivity index is 1.67. The van der Waals surface area contributed by atoms with Gasteiger partial charge in [-0.3, -0.25) is 9.59 Å². The van der Waals surface area contributed by atoms with Gasteiger partial charge in [-0.05, 0) is 43.5 Å². The number of benzene rings is 2. The molecule has 2 atom stereocenters. The summed E-state index contributed by atoms with van der Waals surface area (Å²) in [6.45, 7) is 4.74. The highest BCUT2D eigenvalue weighted by Gasteiger charge is 2.19. The van der Waals surface area contributed by atoms with Crippen LogP contribution in [0.15, 0.2) is 60.7 Å². The molecule has 0 radical (unpaired) electrons. The van der Waals surface area contributed by atoms with Gasteiger partial charge in [0.2, 0.25) is 0 Å². The van der Waals surface area contributed by atoms with E-state index in [9.17, 15) is 9.59 Å². The molecule has 0 aliphatic heterocycles. The van der Waals surface area contributed by atoms with Crippen molar-refractivity contribution in [3.05, 3.63) is 60.7 Å². The van der Waals surface area contributed by atoms with Gasteiger partial charge in [-0.15, -0.1) is 0 Å². The third-order valence-electron chi connectivity index (χ3n) is 4.32. The van der Waals surface area contributed by atoms with Gasteiger partial charge in [-0.25, -0.2) is 0 Å². The fraction of sp³-hybridized carbons (Fsp3) is 0.391. The number of ether oxygens (including phenoxy) is 2. The van der Waals surface area contributed by atoms with Crippen LogP contribution in [0, 0.1) is 0 Å². The molecule has 0 heterocycles. The number of amides is 2. The first kappa shape index (κ1) is 22.3. The lowest BCUT2D eigenvalue weighted by atomic mass is 10.2. The van der Waals surface area contributed by atoms with E-state index in [1.54, 1.807) is 0 Å². The number of carbonyl (C=O) groups is 2. The normalized spacial score (nSPS) is 12.5. The lowest BCUT2D eigenvalue weighted by molar-refractivity contribution is -0.128. The first-order valence-electron chi connectivity index (χ1n) is 10.1. The highest BCUT2D eigenvalue weighted by molar-refractivity contribution is 5.81. The van der Waals surface area contributed by atoms with E-state index in [4.69, 9.17) is 9.47 Å². The zero-order chi connectivity index (χ0) is 20.9. The number of rotatable bonds is 12. The van der Waals surface area contributed by atoms with Crippen molar-refractivity contribution in [1.29, 1.82) is 0 Å². The van der Waals surface area contributed by atoms with Gasteiger partial charge < -0.3 is 20.1 Å². The molecule has 0 saturated carbocycles. The number of hydrogen-bond donors (Lipinski definition) is 2. The largest absolute Gasteiger partial charge is 0.481 e. The molecule has 0 spiro atoms. The second-order valence-corrected chi connectivity index (χ2v) is 6.59. The number of carbonyl (C=O) groups excluding carboxylic acids is 2. The van der Waals surface area contributed by atoms with Crippen LogP contribution in [-0.4, -0.2) is 37.1 Å². The molecule has 2 unspecified atom stereocenters. The first-order chi connectivity index (χ1) is 14.1. The Morgan fingerprint density at radius 1 is 0.724 bits per heavy atom. The van der Waals surface area contributed by atoms with Crippen molar-refractivity contribution in [2.45, 2.75) is 45.3 Å². The van der Waals surface area contributed by atoms with E-state index in [0.29, 0.717) is 43.9 Å². The Hall–Kier alpha value is -3.02. The molecule has 156 valence electrons. The molecule has 2 aromatic carbocycles. The average molecular weight is 399 g/mol. The molecular formula is C23H30N2O4. The zero-order valence-corrected chi connectivity index (χ0v) is 17.1. The summed E-state index contributed by atoms with van der Waals surface area (Å²) in [5.41, 5.74) is 0. The number of para-hydroxylation sites is 2. The standard InChI is InChI=1S/C23H30N2O4/c1-3-20(28-18-12-7-5-8-13-18)22(26)24-16-11-17-25-23(27)21(4-2)29-19-14-9-6-10-15-19/h5-10,12-15,20-21H,3-4,11,16-17H2,1-2H3,(H,24,26)(H,25,27). The summed E-state index contributed by atoms with van der Waals surface area (Å²) in [5, 5.41) is 5.73. The minimum absolute atomic E-state index is 0.151. The molecule has 0 saturated heterocycles. The maximum Gasteiger partial charge on any atom is 0.261 e. The fourth-order valence-electron chi connectivity index (χ4n) is 2.71. The highest BCUT2D eigenvalue weighted by atomic mass is 16.5. The van der Waals surface area contributed by atoms with E-state index in [-0.39, 0.29) is 11.8 Å². The minimum atomic E-state index is -0.532. The summed E-state index contributed by atoms with van der Waals surface area (Å²) in [7, 11) is 0. The summed E-state index contributed by atoms with van der Waals surface area (Å²) in [6, 6.07) is 18.6. The van der Waals surface area contributed by atoms with Crippen molar-refractivity contribution in [2.24, 2.45) is 0 Å². The summed E-state index contributed by atoms with van der Waals surface area (Å²) >= 11 is 0. The third kappa shape index (κ3) is 7.86. The molecule has 0 aliphatic carbocycles. The van der Waals surface area contributed by atoms with Crippen LogP contribution in [0.25, 0.3) is 0 Å². The lowest BCUT2D eigenvalue weighted by Crippen LogP contribution is -2.41.